The summed E-state index contributed by atoms with van der Waals surface area (Å²) in [5.41, 5.74) is 13.0. The standard InChI is InChI=1S/C22H27N5S/c1-25(2)15-5-7-16(8-6-15)27-12-11-20-21(14-27)28-22(24-20)18-13-17(26(3)4)9-10-19(18)23/h5-10,13-14,22H,11-12,23H2,1-4H3. The van der Waals surface area contributed by atoms with E-state index in [1.54, 1.807) is 11.8 Å². The number of aliphatic imine (C=N–C) groups is 1. The summed E-state index contributed by atoms with van der Waals surface area (Å²) in [6.45, 7) is 0.949. The molecule has 0 aliphatic carbocycles. The number of benzene rings is 2. The number of allylic oxidation sites excluding steroid dienone is 1. The Morgan fingerprint density at radius 1 is 1.00 bits per heavy atom. The van der Waals surface area contributed by atoms with Crippen LogP contribution in [0.2, 0.25) is 0 Å². The van der Waals surface area contributed by atoms with Crippen LogP contribution in [-0.4, -0.2) is 40.4 Å². The highest BCUT2D eigenvalue weighted by Crippen LogP contribution is 2.47. The first-order chi connectivity index (χ1) is 13.4. The first kappa shape index (κ1) is 18.7. The smallest absolute Gasteiger partial charge is 0.127 e. The predicted molar refractivity (Wildman–Crippen MR) is 124 cm³/mol. The molecular weight excluding hydrogens is 366 g/mol. The van der Waals surface area contributed by atoms with Gasteiger partial charge in [0.1, 0.15) is 5.37 Å². The Morgan fingerprint density at radius 2 is 1.68 bits per heavy atom. The van der Waals surface area contributed by atoms with Gasteiger partial charge in [0.15, 0.2) is 0 Å². The van der Waals surface area contributed by atoms with E-state index in [-0.39, 0.29) is 5.37 Å². The van der Waals surface area contributed by atoms with Crippen molar-refractivity contribution in [3.05, 3.63) is 59.1 Å². The fraction of sp³-hybridized carbons (Fsp3) is 0.318. The minimum atomic E-state index is 0.0391. The maximum absolute atomic E-state index is 6.28. The lowest BCUT2D eigenvalue weighted by atomic mass is 10.1. The van der Waals surface area contributed by atoms with Gasteiger partial charge in [-0.15, -0.1) is 0 Å². The summed E-state index contributed by atoms with van der Waals surface area (Å²) in [7, 11) is 8.22. The Labute approximate surface area is 171 Å². The summed E-state index contributed by atoms with van der Waals surface area (Å²) in [6.07, 6.45) is 3.20. The number of thioether (sulfide) groups is 1. The van der Waals surface area contributed by atoms with Crippen LogP contribution in [0.5, 0.6) is 0 Å². The highest BCUT2D eigenvalue weighted by atomic mass is 32.2. The molecular formula is C22H27N5S. The van der Waals surface area contributed by atoms with Crippen LogP contribution in [0.3, 0.4) is 0 Å². The summed E-state index contributed by atoms with van der Waals surface area (Å²) in [5, 5.41) is 0.0391. The molecule has 2 heterocycles. The predicted octanol–water partition coefficient (Wildman–Crippen LogP) is 4.34. The maximum Gasteiger partial charge on any atom is 0.127 e. The van der Waals surface area contributed by atoms with Crippen molar-refractivity contribution < 1.29 is 0 Å². The van der Waals surface area contributed by atoms with Gasteiger partial charge in [-0.25, -0.2) is 0 Å². The molecule has 1 atom stereocenters. The van der Waals surface area contributed by atoms with Crippen molar-refractivity contribution in [1.29, 1.82) is 0 Å². The van der Waals surface area contributed by atoms with Crippen LogP contribution in [-0.2, 0) is 0 Å². The van der Waals surface area contributed by atoms with Crippen molar-refractivity contribution in [2.75, 3.05) is 55.2 Å². The van der Waals surface area contributed by atoms with Gasteiger partial charge >= 0.3 is 0 Å². The number of hydrogen-bond donors (Lipinski definition) is 1. The Hall–Kier alpha value is -2.60. The molecule has 0 fully saturated rings. The van der Waals surface area contributed by atoms with E-state index in [1.165, 1.54) is 22.0 Å². The Balaban J connectivity index is 1.57. The van der Waals surface area contributed by atoms with E-state index in [2.05, 4.69) is 71.4 Å². The van der Waals surface area contributed by atoms with Gasteiger partial charge in [0, 0.05) is 80.6 Å². The van der Waals surface area contributed by atoms with Gasteiger partial charge in [0.05, 0.1) is 5.71 Å². The third kappa shape index (κ3) is 3.56. The lowest BCUT2D eigenvalue weighted by molar-refractivity contribution is 0.930. The number of anilines is 4. The minimum Gasteiger partial charge on any atom is -0.398 e. The van der Waals surface area contributed by atoms with E-state index in [0.717, 1.165) is 29.9 Å². The van der Waals surface area contributed by atoms with Gasteiger partial charge in [-0.3, -0.25) is 4.99 Å². The van der Waals surface area contributed by atoms with Crippen LogP contribution in [0.1, 0.15) is 17.4 Å². The first-order valence-electron chi connectivity index (χ1n) is 9.48. The number of nitrogens with two attached hydrogens (primary N) is 1. The molecule has 146 valence electrons. The fourth-order valence-corrected chi connectivity index (χ4v) is 4.71. The lowest BCUT2D eigenvalue weighted by Crippen LogP contribution is -2.25. The van der Waals surface area contributed by atoms with E-state index in [0.29, 0.717) is 0 Å². The van der Waals surface area contributed by atoms with Gasteiger partial charge in [-0.2, -0.15) is 0 Å². The highest BCUT2D eigenvalue weighted by Gasteiger charge is 2.29. The topological polar surface area (TPSA) is 48.1 Å². The summed E-state index contributed by atoms with van der Waals surface area (Å²) < 4.78 is 0. The second-order valence-corrected chi connectivity index (χ2v) is 8.72. The normalized spacial score (nSPS) is 18.4. The summed E-state index contributed by atoms with van der Waals surface area (Å²) in [5.74, 6) is 0. The van der Waals surface area contributed by atoms with Crippen LogP contribution in [0.4, 0.5) is 22.7 Å². The fourth-order valence-electron chi connectivity index (χ4n) is 3.48. The molecule has 2 aromatic carbocycles. The highest BCUT2D eigenvalue weighted by molar-refractivity contribution is 8.04. The van der Waals surface area contributed by atoms with Crippen LogP contribution in [0, 0.1) is 0 Å². The third-order valence-electron chi connectivity index (χ3n) is 5.21. The SMILES string of the molecule is CN(C)c1ccc(N2C=C3SC(c4cc(N(C)C)ccc4N)N=C3CC2)cc1. The molecule has 0 amide bonds. The Kier molecular flexibility index (Phi) is 4.98. The third-order valence-corrected chi connectivity index (χ3v) is 6.39. The molecule has 0 radical (unpaired) electrons. The quantitative estimate of drug-likeness (QED) is 0.783. The van der Waals surface area contributed by atoms with Gasteiger partial charge < -0.3 is 20.4 Å². The largest absolute Gasteiger partial charge is 0.398 e. The second kappa shape index (κ2) is 7.43. The van der Waals surface area contributed by atoms with Crippen LogP contribution >= 0.6 is 11.8 Å². The Morgan fingerprint density at radius 3 is 2.36 bits per heavy atom. The average Bonchev–Trinajstić information content (AvgIpc) is 3.11. The summed E-state index contributed by atoms with van der Waals surface area (Å²) >= 11 is 1.80. The molecule has 28 heavy (non-hydrogen) atoms. The molecule has 0 bridgehead atoms. The van der Waals surface area contributed by atoms with Gasteiger partial charge in [0.25, 0.3) is 0 Å². The molecule has 2 aromatic rings. The second-order valence-electron chi connectivity index (χ2n) is 7.60. The molecule has 1 unspecified atom stereocenters. The van der Waals surface area contributed by atoms with Gasteiger partial charge in [-0.1, -0.05) is 11.8 Å². The maximum atomic E-state index is 6.28. The van der Waals surface area contributed by atoms with Crippen molar-refractivity contribution in [3.63, 3.8) is 0 Å². The minimum absolute atomic E-state index is 0.0391. The molecule has 0 saturated carbocycles. The molecule has 2 aliphatic rings. The van der Waals surface area contributed by atoms with Crippen LogP contribution in [0.15, 0.2) is 58.6 Å². The van der Waals surface area contributed by atoms with Crippen LogP contribution in [0.25, 0.3) is 0 Å². The monoisotopic (exact) mass is 393 g/mol. The number of nitrogens with zero attached hydrogens (tertiary/aromatic N) is 4. The van der Waals surface area contributed by atoms with E-state index in [9.17, 15) is 0 Å². The lowest BCUT2D eigenvalue weighted by Gasteiger charge is -2.26. The summed E-state index contributed by atoms with van der Waals surface area (Å²) in [4.78, 5) is 12.8. The number of fused-ring (bicyclic) bond motifs is 1. The van der Waals surface area contributed by atoms with Gasteiger partial charge in [-0.05, 0) is 42.5 Å². The van der Waals surface area contributed by atoms with E-state index >= 15 is 0 Å². The Bertz CT molecular complexity index is 930. The number of rotatable bonds is 4. The molecule has 2 N–H and O–H groups in total. The van der Waals surface area contributed by atoms with Crippen molar-refractivity contribution in [1.82, 2.24) is 0 Å². The summed E-state index contributed by atoms with van der Waals surface area (Å²) in [6, 6.07) is 14.9. The molecule has 0 saturated heterocycles. The molecule has 4 rings (SSSR count). The number of nitrogen functional groups attached to an aromatic ring is 1. The zero-order chi connectivity index (χ0) is 19.8. The van der Waals surface area contributed by atoms with Crippen LogP contribution < -0.4 is 20.4 Å². The first-order valence-corrected chi connectivity index (χ1v) is 10.4. The molecule has 0 spiro atoms. The average molecular weight is 394 g/mol. The molecule has 5 nitrogen and oxygen atoms in total. The van der Waals surface area contributed by atoms with Crippen molar-refractivity contribution in [2.45, 2.75) is 11.8 Å². The van der Waals surface area contributed by atoms with E-state index in [1.807, 2.05) is 20.2 Å². The zero-order valence-corrected chi connectivity index (χ0v) is 17.7. The van der Waals surface area contributed by atoms with Crippen molar-refractivity contribution in [2.24, 2.45) is 4.99 Å². The molecule has 2 aliphatic heterocycles. The van der Waals surface area contributed by atoms with E-state index < -0.39 is 0 Å². The van der Waals surface area contributed by atoms with E-state index in [4.69, 9.17) is 10.7 Å². The molecule has 6 heteroatoms. The molecule has 0 aromatic heterocycles. The zero-order valence-electron chi connectivity index (χ0n) is 16.9. The van der Waals surface area contributed by atoms with Crippen molar-refractivity contribution >= 4 is 40.2 Å². The van der Waals surface area contributed by atoms with Gasteiger partial charge in [0.2, 0.25) is 0 Å². The number of hydrogen-bond acceptors (Lipinski definition) is 6. The van der Waals surface area contributed by atoms with Crippen molar-refractivity contribution in [3.8, 4) is 0 Å².